The van der Waals surface area contributed by atoms with Crippen LogP contribution in [-0.4, -0.2) is 6.26 Å². The van der Waals surface area contributed by atoms with E-state index in [1.54, 1.807) is 6.26 Å². The van der Waals surface area contributed by atoms with E-state index in [1.807, 2.05) is 13.8 Å². The van der Waals surface area contributed by atoms with Gasteiger partial charge in [-0.3, -0.25) is 0 Å². The van der Waals surface area contributed by atoms with Gasteiger partial charge in [-0.1, -0.05) is 190 Å². The van der Waals surface area contributed by atoms with E-state index in [4.69, 9.17) is 0 Å². The van der Waals surface area contributed by atoms with Gasteiger partial charge in [0, 0.05) is 16.8 Å². The molecule has 0 fully saturated rings. The normalized spacial score (nSPS) is 13.9. The fraction of sp³-hybridized carbons (Fsp3) is 0.103. The number of thiol groups is 1. The van der Waals surface area contributed by atoms with Crippen LogP contribution in [0.15, 0.2) is 206 Å². The third kappa shape index (κ3) is 5.55. The number of fused-ring (bicyclic) bond motifs is 15. The van der Waals surface area contributed by atoms with E-state index >= 15 is 0 Å². The molecule has 2 heteroatoms. The summed E-state index contributed by atoms with van der Waals surface area (Å²) in [6.45, 7) is 4.00. The van der Waals surface area contributed by atoms with E-state index in [-0.39, 0.29) is 0 Å². The highest BCUT2D eigenvalue weighted by molar-refractivity contribution is 7.79. The number of anilines is 2. The monoisotopic (exact) mass is 789 g/mol. The molecule has 9 aromatic carbocycles. The summed E-state index contributed by atoms with van der Waals surface area (Å²) >= 11 is 3.53. The van der Waals surface area contributed by atoms with Crippen LogP contribution in [-0.2, 0) is 5.41 Å². The Kier molecular flexibility index (Phi) is 9.74. The standard InChI is InChI=1S/C55H37N.C2H6.CH4S/c1-2-18-39(19-3-1)56(40-32-29-38(30-33-40)42-26-14-17-36-15-4-6-20-41(36)42)52-35-51-54(47-25-9-8-24-46(47)52)53-43-21-7-5-16-37(43)31-34-50(53)55(51)48-27-12-10-22-44(48)45-23-11-13-28-49(45)55;2*1-2/h1-29,31-32,34-35H,30,33H2;1-2H3;2H,1H3. The summed E-state index contributed by atoms with van der Waals surface area (Å²) in [5, 5.41) is 7.74. The van der Waals surface area contributed by atoms with E-state index in [1.165, 1.54) is 105 Å². The first kappa shape index (κ1) is 37.6. The van der Waals surface area contributed by atoms with Crippen molar-refractivity contribution < 1.29 is 0 Å². The molecule has 3 aliphatic carbocycles. The number of para-hydroxylation sites is 1. The molecule has 290 valence electrons. The molecule has 0 atom stereocenters. The highest BCUT2D eigenvalue weighted by Gasteiger charge is 2.52. The van der Waals surface area contributed by atoms with Crippen molar-refractivity contribution in [3.8, 4) is 22.3 Å². The van der Waals surface area contributed by atoms with Gasteiger partial charge in [-0.15, -0.1) is 0 Å². The van der Waals surface area contributed by atoms with Crippen LogP contribution in [0.4, 0.5) is 11.4 Å². The summed E-state index contributed by atoms with van der Waals surface area (Å²) < 4.78 is 0. The lowest BCUT2D eigenvalue weighted by Gasteiger charge is -2.34. The molecule has 0 N–H and O–H groups in total. The smallest absolute Gasteiger partial charge is 0.0726 e. The van der Waals surface area contributed by atoms with Crippen molar-refractivity contribution in [2.75, 3.05) is 11.2 Å². The molecule has 0 saturated heterocycles. The molecule has 12 rings (SSSR count). The van der Waals surface area contributed by atoms with Crippen LogP contribution >= 0.6 is 12.6 Å². The van der Waals surface area contributed by atoms with Gasteiger partial charge in [-0.05, 0) is 126 Å². The fourth-order valence-corrected chi connectivity index (χ4v) is 10.5. The summed E-state index contributed by atoms with van der Waals surface area (Å²) in [6, 6.07) is 70.2. The van der Waals surface area contributed by atoms with Gasteiger partial charge in [0.25, 0.3) is 0 Å². The van der Waals surface area contributed by atoms with Crippen LogP contribution in [0.25, 0.3) is 60.1 Å². The summed E-state index contributed by atoms with van der Waals surface area (Å²) in [5.74, 6) is 0. The SMILES string of the molecule is C1=C(c2cccc3ccccc23)CCC(N(c2ccccc2)c2cc3c(c4ccccc24)-c2c(ccc4ccccc24)C32c3ccccc3-c3ccccc32)=C1.CC.CS. The van der Waals surface area contributed by atoms with E-state index < -0.39 is 5.41 Å². The van der Waals surface area contributed by atoms with Crippen molar-refractivity contribution in [3.63, 3.8) is 0 Å². The Labute approximate surface area is 359 Å². The minimum Gasteiger partial charge on any atom is -0.314 e. The third-order valence-corrected chi connectivity index (χ3v) is 12.8. The topological polar surface area (TPSA) is 3.24 Å². The Hall–Kier alpha value is -6.61. The van der Waals surface area contributed by atoms with Gasteiger partial charge >= 0.3 is 0 Å². The Morgan fingerprint density at radius 1 is 0.417 bits per heavy atom. The largest absolute Gasteiger partial charge is 0.314 e. The molecule has 1 nitrogen and oxygen atoms in total. The molecule has 0 aliphatic heterocycles. The van der Waals surface area contributed by atoms with Crippen molar-refractivity contribution in [3.05, 3.63) is 234 Å². The van der Waals surface area contributed by atoms with Crippen molar-refractivity contribution in [1.29, 1.82) is 0 Å². The van der Waals surface area contributed by atoms with Gasteiger partial charge in [0.1, 0.15) is 0 Å². The Balaban J connectivity index is 0.00000105. The van der Waals surface area contributed by atoms with Crippen molar-refractivity contribution in [2.45, 2.75) is 32.1 Å². The fourth-order valence-electron chi connectivity index (χ4n) is 10.5. The number of hydrogen-bond acceptors (Lipinski definition) is 2. The van der Waals surface area contributed by atoms with Gasteiger partial charge < -0.3 is 4.90 Å². The maximum atomic E-state index is 3.53. The maximum absolute atomic E-state index is 3.53. The number of benzene rings is 9. The molecule has 1 spiro atoms. The molecule has 0 heterocycles. The second kappa shape index (κ2) is 15.5. The number of rotatable bonds is 4. The molecule has 0 amide bonds. The summed E-state index contributed by atoms with van der Waals surface area (Å²) in [5.41, 5.74) is 16.8. The van der Waals surface area contributed by atoms with Crippen LogP contribution in [0.1, 0.15) is 54.5 Å². The predicted molar refractivity (Wildman–Crippen MR) is 262 cm³/mol. The Morgan fingerprint density at radius 2 is 0.950 bits per heavy atom. The maximum Gasteiger partial charge on any atom is 0.0726 e. The van der Waals surface area contributed by atoms with Crippen LogP contribution in [0, 0.1) is 0 Å². The molecule has 0 radical (unpaired) electrons. The Morgan fingerprint density at radius 3 is 1.63 bits per heavy atom. The average Bonchev–Trinajstić information content (AvgIpc) is 3.81. The number of nitrogens with zero attached hydrogens (tertiary/aromatic N) is 1. The highest BCUT2D eigenvalue weighted by atomic mass is 32.1. The lowest BCUT2D eigenvalue weighted by atomic mass is 9.70. The van der Waals surface area contributed by atoms with Crippen molar-refractivity contribution in [1.82, 2.24) is 0 Å². The second-order valence-electron chi connectivity index (χ2n) is 15.5. The van der Waals surface area contributed by atoms with Crippen molar-refractivity contribution in [2.24, 2.45) is 0 Å². The van der Waals surface area contributed by atoms with Gasteiger partial charge in [-0.25, -0.2) is 0 Å². The molecule has 60 heavy (non-hydrogen) atoms. The minimum atomic E-state index is -0.467. The zero-order valence-electron chi connectivity index (χ0n) is 34.4. The van der Waals surface area contributed by atoms with Gasteiger partial charge in [0.05, 0.1) is 11.1 Å². The van der Waals surface area contributed by atoms with E-state index in [0.717, 1.165) is 12.8 Å². The average molecular weight is 790 g/mol. The van der Waals surface area contributed by atoms with Crippen LogP contribution in [0.3, 0.4) is 0 Å². The first-order valence-corrected chi connectivity index (χ1v) is 22.2. The first-order valence-electron chi connectivity index (χ1n) is 21.3. The zero-order chi connectivity index (χ0) is 40.8. The molecule has 9 aromatic rings. The minimum absolute atomic E-state index is 0.467. The molecular weight excluding hydrogens is 743 g/mol. The quantitative estimate of drug-likeness (QED) is 0.174. The summed E-state index contributed by atoms with van der Waals surface area (Å²) in [7, 11) is 0. The van der Waals surface area contributed by atoms with Gasteiger partial charge in [0.15, 0.2) is 0 Å². The van der Waals surface area contributed by atoms with Crippen molar-refractivity contribution >= 4 is 61.9 Å². The molecule has 0 saturated carbocycles. The number of hydrogen-bond donors (Lipinski definition) is 1. The molecular formula is C58H47NS. The second-order valence-corrected chi connectivity index (χ2v) is 15.5. The predicted octanol–water partition coefficient (Wildman–Crippen LogP) is 16.0. The Bertz CT molecular complexity index is 3100. The molecule has 0 unspecified atom stereocenters. The first-order chi connectivity index (χ1) is 29.8. The molecule has 0 aromatic heterocycles. The van der Waals surface area contributed by atoms with Crippen LogP contribution < -0.4 is 4.90 Å². The van der Waals surface area contributed by atoms with Gasteiger partial charge in [0.2, 0.25) is 0 Å². The van der Waals surface area contributed by atoms with E-state index in [0.29, 0.717) is 0 Å². The molecule has 0 bridgehead atoms. The van der Waals surface area contributed by atoms with Crippen LogP contribution in [0.2, 0.25) is 0 Å². The van der Waals surface area contributed by atoms with Crippen LogP contribution in [0.5, 0.6) is 0 Å². The van der Waals surface area contributed by atoms with E-state index in [2.05, 4.69) is 218 Å². The van der Waals surface area contributed by atoms with Gasteiger partial charge in [-0.2, -0.15) is 12.6 Å². The highest BCUT2D eigenvalue weighted by Crippen LogP contribution is 2.65. The van der Waals surface area contributed by atoms with E-state index in [9.17, 15) is 0 Å². The lowest BCUT2D eigenvalue weighted by molar-refractivity contribution is 0.794. The third-order valence-electron chi connectivity index (χ3n) is 12.8. The lowest BCUT2D eigenvalue weighted by Crippen LogP contribution is -2.26. The summed E-state index contributed by atoms with van der Waals surface area (Å²) in [4.78, 5) is 2.56. The summed E-state index contributed by atoms with van der Waals surface area (Å²) in [6.07, 6.45) is 8.35. The number of allylic oxidation sites excluding steroid dienone is 4. The zero-order valence-corrected chi connectivity index (χ0v) is 35.3. The molecule has 3 aliphatic rings.